The summed E-state index contributed by atoms with van der Waals surface area (Å²) in [6.07, 6.45) is 4.81. The van der Waals surface area contributed by atoms with Crippen LogP contribution in [0.3, 0.4) is 0 Å². The van der Waals surface area contributed by atoms with E-state index in [0.717, 1.165) is 5.56 Å². The van der Waals surface area contributed by atoms with E-state index in [1.54, 1.807) is 24.5 Å². The Hall–Kier alpha value is -1.97. The summed E-state index contributed by atoms with van der Waals surface area (Å²) in [7, 11) is 0. The van der Waals surface area contributed by atoms with Crippen molar-refractivity contribution in [1.29, 1.82) is 0 Å². The van der Waals surface area contributed by atoms with Gasteiger partial charge >= 0.3 is 0 Å². The molecule has 0 aliphatic rings. The Bertz CT molecular complexity index is 427. The second-order valence-corrected chi connectivity index (χ2v) is 3.19. The first kappa shape index (κ1) is 9.58. The van der Waals surface area contributed by atoms with Crippen LogP contribution in [0, 0.1) is 5.82 Å². The van der Waals surface area contributed by atoms with E-state index < -0.39 is 0 Å². The van der Waals surface area contributed by atoms with Crippen molar-refractivity contribution < 1.29 is 4.39 Å². The molecule has 0 atom stereocenters. The van der Waals surface area contributed by atoms with Crippen molar-refractivity contribution >= 4 is 5.82 Å². The number of nitrogens with two attached hydrogens (primary N) is 1. The molecule has 4 heteroatoms. The fourth-order valence-electron chi connectivity index (χ4n) is 1.35. The number of pyridine rings is 2. The van der Waals surface area contributed by atoms with Gasteiger partial charge in [0.25, 0.3) is 0 Å². The second-order valence-electron chi connectivity index (χ2n) is 3.19. The monoisotopic (exact) mass is 203 g/mol. The minimum absolute atomic E-state index is 0.319. The van der Waals surface area contributed by atoms with E-state index in [0.29, 0.717) is 17.8 Å². The maximum absolute atomic E-state index is 13.3. The first-order valence-corrected chi connectivity index (χ1v) is 4.55. The van der Waals surface area contributed by atoms with Crippen LogP contribution in [0.2, 0.25) is 0 Å². The van der Waals surface area contributed by atoms with Gasteiger partial charge in [0, 0.05) is 18.8 Å². The Labute approximate surface area is 86.8 Å². The van der Waals surface area contributed by atoms with Gasteiger partial charge < -0.3 is 5.73 Å². The Kier molecular flexibility index (Phi) is 2.58. The summed E-state index contributed by atoms with van der Waals surface area (Å²) in [5.74, 6) is 0.120. The summed E-state index contributed by atoms with van der Waals surface area (Å²) in [5.41, 5.74) is 7.06. The summed E-state index contributed by atoms with van der Waals surface area (Å²) in [6, 6.07) is 5.26. The molecular formula is C11H10FN3. The molecule has 15 heavy (non-hydrogen) atoms. The minimum Gasteiger partial charge on any atom is -0.383 e. The van der Waals surface area contributed by atoms with Crippen molar-refractivity contribution in [1.82, 2.24) is 9.97 Å². The lowest BCUT2D eigenvalue weighted by atomic mass is 10.1. The summed E-state index contributed by atoms with van der Waals surface area (Å²) in [5, 5.41) is 0. The maximum Gasteiger partial charge on any atom is 0.145 e. The zero-order chi connectivity index (χ0) is 10.7. The number of nitrogens with zero attached hydrogens (tertiary/aromatic N) is 2. The summed E-state index contributed by atoms with van der Waals surface area (Å²) in [6.45, 7) is 0. The number of rotatable bonds is 2. The van der Waals surface area contributed by atoms with Crippen molar-refractivity contribution in [3.63, 3.8) is 0 Å². The van der Waals surface area contributed by atoms with Crippen molar-refractivity contribution in [2.24, 2.45) is 0 Å². The van der Waals surface area contributed by atoms with Crippen LogP contribution in [0.25, 0.3) is 0 Å². The molecule has 3 nitrogen and oxygen atoms in total. The van der Waals surface area contributed by atoms with Gasteiger partial charge in [-0.25, -0.2) is 9.37 Å². The molecule has 2 aromatic rings. The van der Waals surface area contributed by atoms with Crippen molar-refractivity contribution in [3.8, 4) is 0 Å². The van der Waals surface area contributed by atoms with Crippen LogP contribution in [0.5, 0.6) is 0 Å². The number of hydrogen-bond acceptors (Lipinski definition) is 3. The molecule has 0 bridgehead atoms. The molecule has 0 aliphatic heterocycles. The molecule has 0 saturated heterocycles. The SMILES string of the molecule is Nc1ncccc1Cc1ccncc1F. The highest BCUT2D eigenvalue weighted by Crippen LogP contribution is 2.15. The second kappa shape index (κ2) is 4.04. The van der Waals surface area contributed by atoms with Gasteiger partial charge in [-0.1, -0.05) is 6.07 Å². The lowest BCUT2D eigenvalue weighted by Crippen LogP contribution is -1.99. The third-order valence-electron chi connectivity index (χ3n) is 2.16. The molecule has 0 spiro atoms. The normalized spacial score (nSPS) is 10.2. The van der Waals surface area contributed by atoms with Crippen LogP contribution >= 0.6 is 0 Å². The highest BCUT2D eigenvalue weighted by molar-refractivity contribution is 5.41. The van der Waals surface area contributed by atoms with Gasteiger partial charge in [0.05, 0.1) is 6.20 Å². The number of anilines is 1. The van der Waals surface area contributed by atoms with E-state index in [9.17, 15) is 4.39 Å². The van der Waals surface area contributed by atoms with Crippen LogP contribution < -0.4 is 5.73 Å². The van der Waals surface area contributed by atoms with Gasteiger partial charge in [0.1, 0.15) is 11.6 Å². The third-order valence-corrected chi connectivity index (χ3v) is 2.16. The molecule has 2 aromatic heterocycles. The molecular weight excluding hydrogens is 193 g/mol. The Morgan fingerprint density at radius 2 is 2.07 bits per heavy atom. The maximum atomic E-state index is 13.3. The van der Waals surface area contributed by atoms with Crippen LogP contribution in [-0.2, 0) is 6.42 Å². The van der Waals surface area contributed by atoms with Crippen molar-refractivity contribution in [3.05, 3.63) is 53.7 Å². The fraction of sp³-hybridized carbons (Fsp3) is 0.0909. The summed E-state index contributed by atoms with van der Waals surface area (Å²) in [4.78, 5) is 7.63. The van der Waals surface area contributed by atoms with Gasteiger partial charge in [0.2, 0.25) is 0 Å². The number of nitrogen functional groups attached to an aromatic ring is 1. The van der Waals surface area contributed by atoms with Crippen LogP contribution in [-0.4, -0.2) is 9.97 Å². The molecule has 0 aliphatic carbocycles. The Morgan fingerprint density at radius 1 is 1.20 bits per heavy atom. The quantitative estimate of drug-likeness (QED) is 0.809. The van der Waals surface area contributed by atoms with Crippen LogP contribution in [0.15, 0.2) is 36.8 Å². The predicted molar refractivity (Wildman–Crippen MR) is 55.7 cm³/mol. The van der Waals surface area contributed by atoms with E-state index in [-0.39, 0.29) is 5.82 Å². The van der Waals surface area contributed by atoms with Crippen LogP contribution in [0.1, 0.15) is 11.1 Å². The molecule has 76 valence electrons. The lowest BCUT2D eigenvalue weighted by molar-refractivity contribution is 0.607. The minimum atomic E-state index is -0.319. The average Bonchev–Trinajstić information content (AvgIpc) is 2.24. The highest BCUT2D eigenvalue weighted by atomic mass is 19.1. The van der Waals surface area contributed by atoms with Crippen molar-refractivity contribution in [2.45, 2.75) is 6.42 Å². The smallest absolute Gasteiger partial charge is 0.145 e. The van der Waals surface area contributed by atoms with Crippen LogP contribution in [0.4, 0.5) is 10.2 Å². The van der Waals surface area contributed by atoms with E-state index in [1.165, 1.54) is 6.20 Å². The zero-order valence-corrected chi connectivity index (χ0v) is 8.02. The molecule has 2 heterocycles. The summed E-state index contributed by atoms with van der Waals surface area (Å²) < 4.78 is 13.3. The standard InChI is InChI=1S/C11H10FN3/c12-10-7-14-5-3-8(10)6-9-2-1-4-15-11(9)13/h1-5,7H,6H2,(H2,13,15). The summed E-state index contributed by atoms with van der Waals surface area (Å²) >= 11 is 0. The fourth-order valence-corrected chi connectivity index (χ4v) is 1.35. The number of hydrogen-bond donors (Lipinski definition) is 1. The van der Waals surface area contributed by atoms with Crippen molar-refractivity contribution in [2.75, 3.05) is 5.73 Å². The lowest BCUT2D eigenvalue weighted by Gasteiger charge is -2.04. The Morgan fingerprint density at radius 3 is 2.80 bits per heavy atom. The van der Waals surface area contributed by atoms with E-state index in [4.69, 9.17) is 5.73 Å². The Balaban J connectivity index is 2.30. The van der Waals surface area contributed by atoms with Gasteiger partial charge in [0.15, 0.2) is 0 Å². The van der Waals surface area contributed by atoms with Gasteiger partial charge in [-0.3, -0.25) is 4.98 Å². The number of aromatic nitrogens is 2. The van der Waals surface area contributed by atoms with E-state index >= 15 is 0 Å². The first-order valence-electron chi connectivity index (χ1n) is 4.55. The molecule has 0 saturated carbocycles. The average molecular weight is 203 g/mol. The molecule has 0 amide bonds. The molecule has 2 rings (SSSR count). The van der Waals surface area contributed by atoms with E-state index in [2.05, 4.69) is 9.97 Å². The van der Waals surface area contributed by atoms with Gasteiger partial charge in [-0.2, -0.15) is 0 Å². The molecule has 0 fully saturated rings. The molecule has 0 aromatic carbocycles. The topological polar surface area (TPSA) is 51.8 Å². The highest BCUT2D eigenvalue weighted by Gasteiger charge is 2.05. The third kappa shape index (κ3) is 2.10. The largest absolute Gasteiger partial charge is 0.383 e. The van der Waals surface area contributed by atoms with Gasteiger partial charge in [-0.05, 0) is 23.3 Å². The number of halogens is 1. The molecule has 0 radical (unpaired) electrons. The zero-order valence-electron chi connectivity index (χ0n) is 8.02. The van der Waals surface area contributed by atoms with Gasteiger partial charge in [-0.15, -0.1) is 0 Å². The molecule has 0 unspecified atom stereocenters. The first-order chi connectivity index (χ1) is 7.27. The predicted octanol–water partition coefficient (Wildman–Crippen LogP) is 1.79. The van der Waals surface area contributed by atoms with E-state index in [1.807, 2.05) is 6.07 Å². The molecule has 2 N–H and O–H groups in total.